The van der Waals surface area contributed by atoms with Crippen LogP contribution in [0.3, 0.4) is 0 Å². The smallest absolute Gasteiger partial charge is 0.149 e. The lowest BCUT2D eigenvalue weighted by atomic mass is 9.95. The Hall–Kier alpha value is -0.110. The number of nitrogens with zero attached hydrogens (tertiary/aromatic N) is 1. The molecule has 0 aromatic carbocycles. The third kappa shape index (κ3) is 0.715. The highest BCUT2D eigenvalue weighted by Gasteiger charge is 2.51. The van der Waals surface area contributed by atoms with Crippen molar-refractivity contribution in [3.8, 4) is 0 Å². The van der Waals surface area contributed by atoms with E-state index in [0.717, 1.165) is 19.3 Å². The molecular formula is C7H10ClNO. The van der Waals surface area contributed by atoms with Gasteiger partial charge in [-0.1, -0.05) is 11.6 Å². The van der Waals surface area contributed by atoms with Gasteiger partial charge in [0.1, 0.15) is 0 Å². The van der Waals surface area contributed by atoms with E-state index >= 15 is 0 Å². The second kappa shape index (κ2) is 1.94. The molecule has 0 spiro atoms. The van der Waals surface area contributed by atoms with Crippen molar-refractivity contribution in [1.82, 2.24) is 0 Å². The molecule has 0 amide bonds. The summed E-state index contributed by atoms with van der Waals surface area (Å²) in [7, 11) is 0. The molecular weight excluding hydrogens is 150 g/mol. The zero-order valence-electron chi connectivity index (χ0n) is 5.72. The van der Waals surface area contributed by atoms with Crippen molar-refractivity contribution in [1.29, 1.82) is 0 Å². The van der Waals surface area contributed by atoms with Crippen LogP contribution in [0.1, 0.15) is 25.7 Å². The molecule has 0 heterocycles. The molecule has 0 aromatic heterocycles. The number of halogens is 1. The van der Waals surface area contributed by atoms with Gasteiger partial charge in [-0.3, -0.25) is 0 Å². The largest absolute Gasteiger partial charge is 0.178 e. The lowest BCUT2D eigenvalue weighted by Crippen LogP contribution is -2.25. The maximum absolute atomic E-state index is 10.3. The summed E-state index contributed by atoms with van der Waals surface area (Å²) in [5.74, 6) is 1.08. The van der Waals surface area contributed by atoms with Crippen LogP contribution < -0.4 is 0 Å². The van der Waals surface area contributed by atoms with Crippen LogP contribution in [0.2, 0.25) is 0 Å². The third-order valence-electron chi connectivity index (χ3n) is 2.89. The Bertz CT molecular complexity index is 173. The molecule has 0 saturated heterocycles. The van der Waals surface area contributed by atoms with E-state index in [-0.39, 0.29) is 0 Å². The fourth-order valence-corrected chi connectivity index (χ4v) is 2.76. The monoisotopic (exact) mass is 159 g/mol. The lowest BCUT2D eigenvalue weighted by Gasteiger charge is -2.22. The number of hydrogen-bond acceptors (Lipinski definition) is 2. The van der Waals surface area contributed by atoms with Crippen molar-refractivity contribution < 1.29 is 0 Å². The minimum Gasteiger partial charge on any atom is -0.149 e. The molecule has 2 saturated carbocycles. The number of fused-ring (bicyclic) bond motifs is 2. The van der Waals surface area contributed by atoms with Crippen LogP contribution in [0.4, 0.5) is 0 Å². The Labute approximate surface area is 64.9 Å². The summed E-state index contributed by atoms with van der Waals surface area (Å²) in [5, 5.41) is 3.02. The summed E-state index contributed by atoms with van der Waals surface area (Å²) in [6, 6.07) is 0. The molecule has 2 fully saturated rings. The highest BCUT2D eigenvalue weighted by molar-refractivity contribution is 6.24. The SMILES string of the molecule is O=N[C@@]1(Cl)C[C@@H]2CC[C@H]1C2. The summed E-state index contributed by atoms with van der Waals surface area (Å²) in [4.78, 5) is 9.63. The Morgan fingerprint density at radius 2 is 2.30 bits per heavy atom. The topological polar surface area (TPSA) is 29.4 Å². The van der Waals surface area contributed by atoms with E-state index in [0.29, 0.717) is 11.8 Å². The fraction of sp³-hybridized carbons (Fsp3) is 1.00. The molecule has 56 valence electrons. The predicted octanol–water partition coefficient (Wildman–Crippen LogP) is 2.51. The molecule has 3 heteroatoms. The van der Waals surface area contributed by atoms with Gasteiger partial charge in [0.25, 0.3) is 0 Å². The highest BCUT2D eigenvalue weighted by Crippen LogP contribution is 2.54. The fourth-order valence-electron chi connectivity index (χ4n) is 2.35. The van der Waals surface area contributed by atoms with Gasteiger partial charge in [-0.2, -0.15) is 0 Å². The van der Waals surface area contributed by atoms with Crippen LogP contribution in [0.25, 0.3) is 0 Å². The van der Waals surface area contributed by atoms with Gasteiger partial charge in [0.15, 0.2) is 5.00 Å². The van der Waals surface area contributed by atoms with Crippen molar-refractivity contribution in [2.24, 2.45) is 17.0 Å². The van der Waals surface area contributed by atoms with E-state index in [2.05, 4.69) is 5.18 Å². The first-order valence-corrected chi connectivity index (χ1v) is 4.16. The Balaban J connectivity index is 2.21. The quantitative estimate of drug-likeness (QED) is 0.328. The van der Waals surface area contributed by atoms with E-state index in [1.165, 1.54) is 6.42 Å². The molecule has 2 bridgehead atoms. The third-order valence-corrected chi connectivity index (χ3v) is 3.43. The van der Waals surface area contributed by atoms with Gasteiger partial charge < -0.3 is 0 Å². The maximum atomic E-state index is 10.3. The first-order valence-electron chi connectivity index (χ1n) is 3.78. The molecule has 2 aliphatic carbocycles. The number of rotatable bonds is 1. The van der Waals surface area contributed by atoms with Crippen LogP contribution >= 0.6 is 11.6 Å². The zero-order valence-corrected chi connectivity index (χ0v) is 6.47. The molecule has 0 radical (unpaired) electrons. The van der Waals surface area contributed by atoms with Gasteiger partial charge in [-0.05, 0) is 36.8 Å². The van der Waals surface area contributed by atoms with Gasteiger partial charge >= 0.3 is 0 Å². The van der Waals surface area contributed by atoms with Gasteiger partial charge in [0.05, 0.1) is 0 Å². The predicted molar refractivity (Wildman–Crippen MR) is 39.8 cm³/mol. The lowest BCUT2D eigenvalue weighted by molar-refractivity contribution is 0.375. The van der Waals surface area contributed by atoms with Crippen molar-refractivity contribution in [2.75, 3.05) is 0 Å². The molecule has 10 heavy (non-hydrogen) atoms. The van der Waals surface area contributed by atoms with E-state index < -0.39 is 5.00 Å². The average Bonchev–Trinajstić information content (AvgIpc) is 2.46. The summed E-state index contributed by atoms with van der Waals surface area (Å²) in [6.07, 6.45) is 4.33. The summed E-state index contributed by atoms with van der Waals surface area (Å²) in [5.41, 5.74) is 0. The van der Waals surface area contributed by atoms with Crippen LogP contribution in [0.15, 0.2) is 5.18 Å². The summed E-state index contributed by atoms with van der Waals surface area (Å²) in [6.45, 7) is 0. The van der Waals surface area contributed by atoms with Crippen LogP contribution in [0, 0.1) is 16.7 Å². The number of nitroso groups, excluding NO2 is 1. The van der Waals surface area contributed by atoms with Crippen LogP contribution in [-0.2, 0) is 0 Å². The van der Waals surface area contributed by atoms with E-state index in [9.17, 15) is 4.91 Å². The minimum absolute atomic E-state index is 0.386. The Morgan fingerprint density at radius 3 is 2.60 bits per heavy atom. The van der Waals surface area contributed by atoms with E-state index in [1.54, 1.807) is 0 Å². The molecule has 0 aliphatic heterocycles. The minimum atomic E-state index is -0.705. The second-order valence-electron chi connectivity index (χ2n) is 3.49. The maximum Gasteiger partial charge on any atom is 0.178 e. The summed E-state index contributed by atoms with van der Waals surface area (Å²) < 4.78 is 0. The standard InChI is InChI=1S/C7H10ClNO/c8-7(9-10)4-5-1-2-6(7)3-5/h5-6H,1-4H2/t5-,6+,7+/m1/s1. The van der Waals surface area contributed by atoms with Gasteiger partial charge in [0, 0.05) is 5.92 Å². The molecule has 3 atom stereocenters. The van der Waals surface area contributed by atoms with Gasteiger partial charge in [-0.15, -0.1) is 4.91 Å². The first kappa shape index (κ1) is 6.59. The molecule has 0 unspecified atom stereocenters. The first-order chi connectivity index (χ1) is 4.74. The number of alkyl halides is 1. The van der Waals surface area contributed by atoms with Gasteiger partial charge in [-0.25, -0.2) is 0 Å². The molecule has 0 N–H and O–H groups in total. The van der Waals surface area contributed by atoms with Crippen LogP contribution in [0.5, 0.6) is 0 Å². The van der Waals surface area contributed by atoms with E-state index in [1.807, 2.05) is 0 Å². The molecule has 2 aliphatic rings. The Kier molecular flexibility index (Phi) is 1.28. The van der Waals surface area contributed by atoms with E-state index in [4.69, 9.17) is 11.6 Å². The van der Waals surface area contributed by atoms with Crippen molar-refractivity contribution >= 4 is 11.6 Å². The molecule has 0 aromatic rings. The average molecular weight is 160 g/mol. The van der Waals surface area contributed by atoms with Crippen molar-refractivity contribution in [3.63, 3.8) is 0 Å². The summed E-state index contributed by atoms with van der Waals surface area (Å²) >= 11 is 5.97. The molecule has 2 rings (SSSR count). The molecule has 2 nitrogen and oxygen atoms in total. The van der Waals surface area contributed by atoms with Crippen molar-refractivity contribution in [2.45, 2.75) is 30.7 Å². The van der Waals surface area contributed by atoms with Crippen LogP contribution in [-0.4, -0.2) is 5.00 Å². The highest BCUT2D eigenvalue weighted by atomic mass is 35.5. The Morgan fingerprint density at radius 1 is 1.50 bits per heavy atom. The number of hydrogen-bond donors (Lipinski definition) is 0. The normalized spacial score (nSPS) is 51.7. The second-order valence-corrected chi connectivity index (χ2v) is 4.14. The van der Waals surface area contributed by atoms with Crippen molar-refractivity contribution in [3.05, 3.63) is 4.91 Å². The van der Waals surface area contributed by atoms with Gasteiger partial charge in [0.2, 0.25) is 0 Å². The zero-order chi connectivity index (χ0) is 7.19.